The first-order valence-corrected chi connectivity index (χ1v) is 12.4. The third kappa shape index (κ3) is 7.24. The Morgan fingerprint density at radius 2 is 1.64 bits per heavy atom. The first-order valence-electron chi connectivity index (χ1n) is 10.6. The lowest BCUT2D eigenvalue weighted by atomic mass is 10.1. The minimum absolute atomic E-state index is 0.163. The molecular formula is C23H29F2N3O4S. The van der Waals surface area contributed by atoms with E-state index < -0.39 is 46.1 Å². The van der Waals surface area contributed by atoms with Crippen molar-refractivity contribution in [2.45, 2.75) is 39.3 Å². The summed E-state index contributed by atoms with van der Waals surface area (Å²) in [7, 11) is -4.04. The Hall–Kier alpha value is -3.01. The zero-order valence-electron chi connectivity index (χ0n) is 18.9. The summed E-state index contributed by atoms with van der Waals surface area (Å²) in [4.78, 5) is 27.0. The molecule has 0 saturated carbocycles. The van der Waals surface area contributed by atoms with Gasteiger partial charge in [0.05, 0.1) is 11.9 Å². The molecule has 0 radical (unpaired) electrons. The van der Waals surface area contributed by atoms with E-state index in [1.165, 1.54) is 43.3 Å². The SMILES string of the molecule is CCCCNC(=O)[C@@H](C)N(Cc1ccccc1F)C(=O)CN(c1ccccc1F)S(C)(=O)=O. The fourth-order valence-corrected chi connectivity index (χ4v) is 4.03. The summed E-state index contributed by atoms with van der Waals surface area (Å²) >= 11 is 0. The molecule has 0 aliphatic heterocycles. The molecule has 0 spiro atoms. The zero-order chi connectivity index (χ0) is 24.6. The van der Waals surface area contributed by atoms with Gasteiger partial charge in [0.25, 0.3) is 0 Å². The highest BCUT2D eigenvalue weighted by Crippen LogP contribution is 2.22. The molecule has 0 bridgehead atoms. The van der Waals surface area contributed by atoms with Crippen LogP contribution < -0.4 is 9.62 Å². The van der Waals surface area contributed by atoms with E-state index in [1.54, 1.807) is 6.07 Å². The van der Waals surface area contributed by atoms with E-state index in [1.807, 2.05) is 6.92 Å². The normalized spacial score (nSPS) is 12.2. The van der Waals surface area contributed by atoms with Crippen LogP contribution in [0.1, 0.15) is 32.3 Å². The van der Waals surface area contributed by atoms with Gasteiger partial charge in [0.2, 0.25) is 21.8 Å². The van der Waals surface area contributed by atoms with Gasteiger partial charge < -0.3 is 10.2 Å². The number of hydrogen-bond acceptors (Lipinski definition) is 4. The van der Waals surface area contributed by atoms with E-state index >= 15 is 0 Å². The molecule has 2 rings (SSSR count). The summed E-state index contributed by atoms with van der Waals surface area (Å²) in [5, 5.41) is 2.73. The smallest absolute Gasteiger partial charge is 0.244 e. The number of unbranched alkanes of at least 4 members (excludes halogenated alkanes) is 1. The number of rotatable bonds is 11. The summed E-state index contributed by atoms with van der Waals surface area (Å²) in [6.45, 7) is 2.84. The van der Waals surface area contributed by atoms with Crippen LogP contribution in [0.3, 0.4) is 0 Å². The van der Waals surface area contributed by atoms with Gasteiger partial charge in [-0.1, -0.05) is 43.7 Å². The van der Waals surface area contributed by atoms with Gasteiger partial charge in [-0.15, -0.1) is 0 Å². The number of carbonyl (C=O) groups is 2. The lowest BCUT2D eigenvalue weighted by molar-refractivity contribution is -0.139. The average Bonchev–Trinajstić information content (AvgIpc) is 2.76. The van der Waals surface area contributed by atoms with Crippen LogP contribution in [0.4, 0.5) is 14.5 Å². The van der Waals surface area contributed by atoms with E-state index in [0.717, 1.165) is 30.1 Å². The average molecular weight is 482 g/mol. The topological polar surface area (TPSA) is 86.8 Å². The van der Waals surface area contributed by atoms with Crippen molar-refractivity contribution in [3.8, 4) is 0 Å². The molecule has 0 aromatic heterocycles. The van der Waals surface area contributed by atoms with E-state index in [2.05, 4.69) is 5.32 Å². The maximum Gasteiger partial charge on any atom is 0.244 e. The Morgan fingerprint density at radius 3 is 2.21 bits per heavy atom. The van der Waals surface area contributed by atoms with Gasteiger partial charge in [-0.05, 0) is 31.5 Å². The Morgan fingerprint density at radius 1 is 1.03 bits per heavy atom. The third-order valence-electron chi connectivity index (χ3n) is 5.10. The van der Waals surface area contributed by atoms with Crippen LogP contribution in [0.15, 0.2) is 48.5 Å². The molecule has 0 fully saturated rings. The number of hydrogen-bond donors (Lipinski definition) is 1. The van der Waals surface area contributed by atoms with Crippen molar-refractivity contribution in [1.29, 1.82) is 0 Å². The van der Waals surface area contributed by atoms with E-state index in [4.69, 9.17) is 0 Å². The van der Waals surface area contributed by atoms with Crippen LogP contribution in [0.25, 0.3) is 0 Å². The fraction of sp³-hybridized carbons (Fsp3) is 0.391. The van der Waals surface area contributed by atoms with Crippen LogP contribution in [-0.2, 0) is 26.2 Å². The van der Waals surface area contributed by atoms with Crippen LogP contribution in [-0.4, -0.2) is 50.5 Å². The molecule has 1 N–H and O–H groups in total. The second-order valence-electron chi connectivity index (χ2n) is 7.65. The van der Waals surface area contributed by atoms with Crippen molar-refractivity contribution >= 4 is 27.5 Å². The van der Waals surface area contributed by atoms with E-state index in [-0.39, 0.29) is 17.8 Å². The molecule has 2 amide bonds. The Kier molecular flexibility index (Phi) is 9.33. The summed E-state index contributed by atoms with van der Waals surface area (Å²) in [6.07, 6.45) is 2.46. The van der Waals surface area contributed by atoms with Crippen LogP contribution in [0, 0.1) is 11.6 Å². The first-order chi connectivity index (χ1) is 15.6. The molecule has 180 valence electrons. The second kappa shape index (κ2) is 11.7. The minimum Gasteiger partial charge on any atom is -0.354 e. The minimum atomic E-state index is -4.04. The number of para-hydroxylation sites is 1. The van der Waals surface area contributed by atoms with Gasteiger partial charge in [0.15, 0.2) is 0 Å². The third-order valence-corrected chi connectivity index (χ3v) is 6.22. The number of sulfonamides is 1. The molecule has 33 heavy (non-hydrogen) atoms. The van der Waals surface area contributed by atoms with Crippen molar-refractivity contribution < 1.29 is 26.8 Å². The maximum atomic E-state index is 14.3. The standard InChI is InChI=1S/C23H29F2N3O4S/c1-4-5-14-26-23(30)17(2)27(15-18-10-6-7-11-19(18)24)22(29)16-28(33(3,31)32)21-13-9-8-12-20(21)25/h6-13,17H,4-5,14-16H2,1-3H3,(H,26,30)/t17-/m1/s1. The van der Waals surface area contributed by atoms with Crippen LogP contribution in [0.5, 0.6) is 0 Å². The largest absolute Gasteiger partial charge is 0.354 e. The number of halogens is 2. The number of benzene rings is 2. The number of amides is 2. The Labute approximate surface area is 193 Å². The molecule has 2 aromatic rings. The summed E-state index contributed by atoms with van der Waals surface area (Å²) in [5.41, 5.74) is -0.130. The van der Waals surface area contributed by atoms with Crippen molar-refractivity contribution in [3.05, 3.63) is 65.7 Å². The van der Waals surface area contributed by atoms with Crippen LogP contribution >= 0.6 is 0 Å². The van der Waals surface area contributed by atoms with Crippen molar-refractivity contribution in [3.63, 3.8) is 0 Å². The van der Waals surface area contributed by atoms with Gasteiger partial charge in [0.1, 0.15) is 24.2 Å². The molecule has 1 atom stereocenters. The summed E-state index contributed by atoms with van der Waals surface area (Å²) in [6, 6.07) is 9.94. The van der Waals surface area contributed by atoms with Gasteiger partial charge >= 0.3 is 0 Å². The van der Waals surface area contributed by atoms with Gasteiger partial charge in [0, 0.05) is 18.7 Å². The highest BCUT2D eigenvalue weighted by molar-refractivity contribution is 7.92. The van der Waals surface area contributed by atoms with Gasteiger partial charge in [-0.25, -0.2) is 17.2 Å². The molecule has 10 heteroatoms. The predicted octanol–water partition coefficient (Wildman–Crippen LogP) is 3.06. The molecule has 2 aromatic carbocycles. The van der Waals surface area contributed by atoms with E-state index in [0.29, 0.717) is 10.8 Å². The number of nitrogens with zero attached hydrogens (tertiary/aromatic N) is 2. The number of anilines is 1. The maximum absolute atomic E-state index is 14.3. The Balaban J connectivity index is 2.37. The lowest BCUT2D eigenvalue weighted by Gasteiger charge is -2.31. The molecular weight excluding hydrogens is 452 g/mol. The quantitative estimate of drug-likeness (QED) is 0.500. The first kappa shape index (κ1) is 26.2. The van der Waals surface area contributed by atoms with Crippen molar-refractivity contribution in [2.24, 2.45) is 0 Å². The highest BCUT2D eigenvalue weighted by atomic mass is 32.2. The molecule has 7 nitrogen and oxygen atoms in total. The fourth-order valence-electron chi connectivity index (χ4n) is 3.18. The van der Waals surface area contributed by atoms with Crippen molar-refractivity contribution in [2.75, 3.05) is 23.7 Å². The number of nitrogens with one attached hydrogen (secondary N) is 1. The molecule has 0 unspecified atom stereocenters. The monoisotopic (exact) mass is 481 g/mol. The molecule has 0 aliphatic carbocycles. The van der Waals surface area contributed by atoms with E-state index in [9.17, 15) is 26.8 Å². The number of carbonyl (C=O) groups excluding carboxylic acids is 2. The lowest BCUT2D eigenvalue weighted by Crippen LogP contribution is -2.51. The zero-order valence-corrected chi connectivity index (χ0v) is 19.7. The summed E-state index contributed by atoms with van der Waals surface area (Å²) in [5.74, 6) is -2.61. The highest BCUT2D eigenvalue weighted by Gasteiger charge is 2.31. The summed E-state index contributed by atoms with van der Waals surface area (Å²) < 4.78 is 54.0. The Bertz CT molecular complexity index is 1080. The van der Waals surface area contributed by atoms with Gasteiger partial charge in [-0.3, -0.25) is 13.9 Å². The van der Waals surface area contributed by atoms with Gasteiger partial charge in [-0.2, -0.15) is 0 Å². The van der Waals surface area contributed by atoms with Crippen LogP contribution in [0.2, 0.25) is 0 Å². The predicted molar refractivity (Wildman–Crippen MR) is 123 cm³/mol. The van der Waals surface area contributed by atoms with Crippen molar-refractivity contribution in [1.82, 2.24) is 10.2 Å². The molecule has 0 heterocycles. The molecule has 0 aliphatic rings. The molecule has 0 saturated heterocycles. The second-order valence-corrected chi connectivity index (χ2v) is 9.56.